The average Bonchev–Trinajstić information content (AvgIpc) is 3.33. The van der Waals surface area contributed by atoms with Crippen LogP contribution < -0.4 is 5.32 Å². The Morgan fingerprint density at radius 1 is 1.40 bits per heavy atom. The molecule has 3 rings (SSSR count). The fourth-order valence-electron chi connectivity index (χ4n) is 3.30. The van der Waals surface area contributed by atoms with Crippen LogP contribution in [-0.2, 0) is 6.54 Å². The van der Waals surface area contributed by atoms with Crippen molar-refractivity contribution in [3.63, 3.8) is 0 Å². The maximum atomic E-state index is 12.4. The van der Waals surface area contributed by atoms with Gasteiger partial charge in [0.15, 0.2) is 0 Å². The first-order chi connectivity index (χ1) is 12.1. The number of aromatic nitrogens is 2. The zero-order chi connectivity index (χ0) is 17.6. The predicted molar refractivity (Wildman–Crippen MR) is 102 cm³/mol. The van der Waals surface area contributed by atoms with E-state index in [4.69, 9.17) is 0 Å². The van der Waals surface area contributed by atoms with Crippen LogP contribution in [0.4, 0.5) is 0 Å². The number of thiophene rings is 1. The van der Waals surface area contributed by atoms with E-state index in [1.807, 2.05) is 16.8 Å². The first-order valence-electron chi connectivity index (χ1n) is 9.21. The lowest BCUT2D eigenvalue weighted by Gasteiger charge is -2.24. The van der Waals surface area contributed by atoms with E-state index in [2.05, 4.69) is 35.1 Å². The number of carbonyl (C=O) groups excluding carboxylic acids is 1. The van der Waals surface area contributed by atoms with Crippen molar-refractivity contribution in [3.8, 4) is 0 Å². The molecule has 1 aliphatic heterocycles. The van der Waals surface area contributed by atoms with Gasteiger partial charge in [-0.15, -0.1) is 11.3 Å². The lowest BCUT2D eigenvalue weighted by atomic mass is 10.1. The Balaban J connectivity index is 1.53. The number of carbonyl (C=O) groups is 1. The van der Waals surface area contributed by atoms with Gasteiger partial charge in [0.05, 0.1) is 11.2 Å². The van der Waals surface area contributed by atoms with Gasteiger partial charge in [-0.25, -0.2) is 4.98 Å². The number of hydrogen-bond acceptors (Lipinski definition) is 4. The number of amides is 1. The summed E-state index contributed by atoms with van der Waals surface area (Å²) in [4.78, 5) is 21.1. The highest BCUT2D eigenvalue weighted by atomic mass is 32.1. The highest BCUT2D eigenvalue weighted by molar-refractivity contribution is 7.14. The van der Waals surface area contributed by atoms with Crippen molar-refractivity contribution in [3.05, 3.63) is 40.6 Å². The summed E-state index contributed by atoms with van der Waals surface area (Å²) in [5.74, 6) is 0.768. The maximum Gasteiger partial charge on any atom is 0.261 e. The summed E-state index contributed by atoms with van der Waals surface area (Å²) in [6.45, 7) is 8.27. The molecule has 5 nitrogen and oxygen atoms in total. The van der Waals surface area contributed by atoms with Crippen molar-refractivity contribution in [1.82, 2.24) is 19.8 Å². The number of rotatable bonds is 8. The van der Waals surface area contributed by atoms with Crippen molar-refractivity contribution in [2.24, 2.45) is 5.92 Å². The van der Waals surface area contributed by atoms with E-state index in [1.165, 1.54) is 30.7 Å². The fraction of sp³-hybridized carbons (Fsp3) is 0.579. The van der Waals surface area contributed by atoms with Crippen LogP contribution in [0.25, 0.3) is 0 Å². The standard InChI is InChI=1S/C19H28N4OS/c1-15(2)7-11-23-10-3-4-16(23)17-5-6-18(25-17)19(24)21-9-13-22-12-8-20-14-22/h5-6,8,12,14-16H,3-4,7,9-11,13H2,1-2H3,(H,21,24)/t16-/m1/s1. The first kappa shape index (κ1) is 18.1. The smallest absolute Gasteiger partial charge is 0.261 e. The van der Waals surface area contributed by atoms with Crippen LogP contribution in [0.1, 0.15) is 53.7 Å². The van der Waals surface area contributed by atoms with Crippen LogP contribution in [0.2, 0.25) is 0 Å². The van der Waals surface area contributed by atoms with E-state index in [0.717, 1.165) is 23.9 Å². The van der Waals surface area contributed by atoms with Gasteiger partial charge in [0, 0.05) is 36.4 Å². The van der Waals surface area contributed by atoms with E-state index in [-0.39, 0.29) is 5.91 Å². The van der Waals surface area contributed by atoms with Crippen LogP contribution in [0.15, 0.2) is 30.9 Å². The molecule has 1 saturated heterocycles. The summed E-state index contributed by atoms with van der Waals surface area (Å²) in [6, 6.07) is 4.62. The van der Waals surface area contributed by atoms with Crippen LogP contribution >= 0.6 is 11.3 Å². The molecule has 1 atom stereocenters. The summed E-state index contributed by atoms with van der Waals surface area (Å²) < 4.78 is 1.96. The molecule has 136 valence electrons. The monoisotopic (exact) mass is 360 g/mol. The molecule has 1 amide bonds. The third-order valence-corrected chi connectivity index (χ3v) is 5.94. The molecule has 3 heterocycles. The Morgan fingerprint density at radius 3 is 3.04 bits per heavy atom. The molecule has 0 aliphatic carbocycles. The van der Waals surface area contributed by atoms with E-state index in [0.29, 0.717) is 12.6 Å². The highest BCUT2D eigenvalue weighted by Crippen LogP contribution is 2.36. The molecular weight excluding hydrogens is 332 g/mol. The van der Waals surface area contributed by atoms with E-state index in [1.54, 1.807) is 23.9 Å². The molecule has 1 fully saturated rings. The molecule has 25 heavy (non-hydrogen) atoms. The SMILES string of the molecule is CC(C)CCN1CCC[C@@H]1c1ccc(C(=O)NCCn2ccnc2)s1. The van der Waals surface area contributed by atoms with E-state index in [9.17, 15) is 4.79 Å². The number of likely N-dealkylation sites (tertiary alicyclic amines) is 1. The van der Waals surface area contributed by atoms with Gasteiger partial charge in [-0.3, -0.25) is 9.69 Å². The van der Waals surface area contributed by atoms with Crippen LogP contribution in [0.3, 0.4) is 0 Å². The molecule has 6 heteroatoms. The van der Waals surface area contributed by atoms with Crippen molar-refractivity contribution in [2.75, 3.05) is 19.6 Å². The van der Waals surface area contributed by atoms with Gasteiger partial charge in [-0.05, 0) is 50.4 Å². The minimum atomic E-state index is 0.0306. The number of hydrogen-bond donors (Lipinski definition) is 1. The normalized spacial score (nSPS) is 18.1. The number of nitrogens with zero attached hydrogens (tertiary/aromatic N) is 3. The van der Waals surface area contributed by atoms with Crippen LogP contribution in [0.5, 0.6) is 0 Å². The largest absolute Gasteiger partial charge is 0.350 e. The highest BCUT2D eigenvalue weighted by Gasteiger charge is 2.27. The van der Waals surface area contributed by atoms with Crippen LogP contribution in [-0.4, -0.2) is 40.0 Å². The Bertz CT molecular complexity index is 665. The second-order valence-electron chi connectivity index (χ2n) is 7.13. The van der Waals surface area contributed by atoms with Crippen molar-refractivity contribution in [2.45, 2.75) is 45.7 Å². The van der Waals surface area contributed by atoms with Gasteiger partial charge >= 0.3 is 0 Å². The zero-order valence-electron chi connectivity index (χ0n) is 15.1. The van der Waals surface area contributed by atoms with Crippen molar-refractivity contribution < 1.29 is 4.79 Å². The molecule has 2 aromatic heterocycles. The molecule has 2 aromatic rings. The second-order valence-corrected chi connectivity index (χ2v) is 8.25. The topological polar surface area (TPSA) is 50.2 Å². The zero-order valence-corrected chi connectivity index (χ0v) is 16.0. The van der Waals surface area contributed by atoms with Gasteiger partial charge in [0.25, 0.3) is 5.91 Å². The Hall–Kier alpha value is -1.66. The van der Waals surface area contributed by atoms with E-state index >= 15 is 0 Å². The molecule has 1 aliphatic rings. The fourth-order valence-corrected chi connectivity index (χ4v) is 4.39. The van der Waals surface area contributed by atoms with Crippen molar-refractivity contribution in [1.29, 1.82) is 0 Å². The summed E-state index contributed by atoms with van der Waals surface area (Å²) >= 11 is 1.65. The summed E-state index contributed by atoms with van der Waals surface area (Å²) in [6.07, 6.45) is 9.12. The average molecular weight is 361 g/mol. The lowest BCUT2D eigenvalue weighted by molar-refractivity contribution is 0.0956. The molecule has 0 spiro atoms. The van der Waals surface area contributed by atoms with Gasteiger partial charge in [0.1, 0.15) is 0 Å². The van der Waals surface area contributed by atoms with Gasteiger partial charge in [0.2, 0.25) is 0 Å². The minimum absolute atomic E-state index is 0.0306. The molecule has 0 radical (unpaired) electrons. The second kappa shape index (κ2) is 8.63. The minimum Gasteiger partial charge on any atom is -0.350 e. The van der Waals surface area contributed by atoms with E-state index < -0.39 is 0 Å². The Kier molecular flexibility index (Phi) is 6.26. The Labute approximate surface area is 154 Å². The molecule has 0 saturated carbocycles. The number of imidazole rings is 1. The predicted octanol–water partition coefficient (Wildman–Crippen LogP) is 3.56. The lowest BCUT2D eigenvalue weighted by Crippen LogP contribution is -2.26. The van der Waals surface area contributed by atoms with Gasteiger partial charge in [-0.1, -0.05) is 13.8 Å². The third-order valence-electron chi connectivity index (χ3n) is 4.75. The Morgan fingerprint density at radius 2 is 2.28 bits per heavy atom. The molecule has 0 bridgehead atoms. The van der Waals surface area contributed by atoms with Crippen molar-refractivity contribution >= 4 is 17.2 Å². The summed E-state index contributed by atoms with van der Waals surface area (Å²) in [7, 11) is 0. The number of nitrogens with one attached hydrogen (secondary N) is 1. The molecule has 1 N–H and O–H groups in total. The molecule has 0 unspecified atom stereocenters. The summed E-state index contributed by atoms with van der Waals surface area (Å²) in [5.41, 5.74) is 0. The molecule has 0 aromatic carbocycles. The third kappa shape index (κ3) is 4.92. The maximum absolute atomic E-state index is 12.4. The first-order valence-corrected chi connectivity index (χ1v) is 10.0. The van der Waals surface area contributed by atoms with Gasteiger partial charge in [-0.2, -0.15) is 0 Å². The van der Waals surface area contributed by atoms with Gasteiger partial charge < -0.3 is 9.88 Å². The van der Waals surface area contributed by atoms with Crippen LogP contribution in [0, 0.1) is 5.92 Å². The molecular formula is C19H28N4OS. The quantitative estimate of drug-likeness (QED) is 0.783. The summed E-state index contributed by atoms with van der Waals surface area (Å²) in [5, 5.41) is 3.00.